The molecule has 0 bridgehead atoms. The standard InChI is InChI=1S/C26H37N3O4S/c1-3-4-16-34(32,33)27-18-22-12-10-21(11-13-22)17-26(31)28(2)25(23-8-6-5-7-9-23)20-29-15-14-24(30)19-29/h5-13,24-25,27,30H,3-4,14-20H2,1-2H3/t24-,25+/m0/s1. The van der Waals surface area contributed by atoms with E-state index in [-0.39, 0.29) is 36.8 Å². The highest BCUT2D eigenvalue weighted by Crippen LogP contribution is 2.24. The second kappa shape index (κ2) is 12.4. The van der Waals surface area contributed by atoms with E-state index in [0.717, 1.165) is 36.1 Å². The fraction of sp³-hybridized carbons (Fsp3) is 0.500. The van der Waals surface area contributed by atoms with Crippen LogP contribution >= 0.6 is 0 Å². The lowest BCUT2D eigenvalue weighted by molar-refractivity contribution is -0.131. The number of aliphatic hydroxyl groups is 1. The third-order valence-electron chi connectivity index (χ3n) is 6.37. The molecule has 0 spiro atoms. The summed E-state index contributed by atoms with van der Waals surface area (Å²) in [6.07, 6.45) is 2.22. The molecule has 2 atom stereocenters. The maximum absolute atomic E-state index is 13.2. The summed E-state index contributed by atoms with van der Waals surface area (Å²) in [5.41, 5.74) is 2.82. The number of aliphatic hydroxyl groups excluding tert-OH is 1. The molecule has 1 fully saturated rings. The van der Waals surface area contributed by atoms with Crippen LogP contribution in [0.1, 0.15) is 48.9 Å². The number of hydrogen-bond acceptors (Lipinski definition) is 5. The fourth-order valence-electron chi connectivity index (χ4n) is 4.20. The van der Waals surface area contributed by atoms with Crippen LogP contribution in [0.2, 0.25) is 0 Å². The number of likely N-dealkylation sites (tertiary alicyclic amines) is 1. The van der Waals surface area contributed by atoms with Crippen molar-refractivity contribution in [1.82, 2.24) is 14.5 Å². The van der Waals surface area contributed by atoms with Crippen molar-refractivity contribution in [1.29, 1.82) is 0 Å². The number of nitrogens with one attached hydrogen (secondary N) is 1. The summed E-state index contributed by atoms with van der Waals surface area (Å²) in [6.45, 7) is 4.36. The van der Waals surface area contributed by atoms with Crippen LogP contribution in [0.5, 0.6) is 0 Å². The summed E-state index contributed by atoms with van der Waals surface area (Å²) in [6, 6.07) is 17.4. The normalized spacial score (nSPS) is 17.6. The number of sulfonamides is 1. The molecule has 1 amide bonds. The topological polar surface area (TPSA) is 90.0 Å². The zero-order valence-electron chi connectivity index (χ0n) is 20.2. The lowest BCUT2D eigenvalue weighted by atomic mass is 10.0. The molecule has 0 aliphatic carbocycles. The molecule has 1 aliphatic rings. The first kappa shape index (κ1) is 26.3. The van der Waals surface area contributed by atoms with Crippen LogP contribution in [0, 0.1) is 0 Å². The molecule has 1 saturated heterocycles. The lowest BCUT2D eigenvalue weighted by Crippen LogP contribution is -2.39. The van der Waals surface area contributed by atoms with Crippen LogP contribution < -0.4 is 4.72 Å². The van der Waals surface area contributed by atoms with Crippen molar-refractivity contribution in [3.63, 3.8) is 0 Å². The van der Waals surface area contributed by atoms with Crippen molar-refractivity contribution >= 4 is 15.9 Å². The first-order valence-corrected chi connectivity index (χ1v) is 13.7. The average molecular weight is 488 g/mol. The van der Waals surface area contributed by atoms with Gasteiger partial charge in [-0.2, -0.15) is 0 Å². The summed E-state index contributed by atoms with van der Waals surface area (Å²) >= 11 is 0. The van der Waals surface area contributed by atoms with E-state index in [1.807, 2.05) is 68.6 Å². The molecule has 2 N–H and O–H groups in total. The Morgan fingerprint density at radius 2 is 1.82 bits per heavy atom. The molecule has 0 saturated carbocycles. The summed E-state index contributed by atoms with van der Waals surface area (Å²) in [5.74, 6) is 0.156. The fourth-order valence-corrected chi connectivity index (χ4v) is 5.40. The van der Waals surface area contributed by atoms with Crippen LogP contribution in [0.15, 0.2) is 54.6 Å². The number of nitrogens with zero attached hydrogens (tertiary/aromatic N) is 2. The predicted octanol–water partition coefficient (Wildman–Crippen LogP) is 2.71. The van der Waals surface area contributed by atoms with Crippen molar-refractivity contribution in [2.75, 3.05) is 32.4 Å². The quantitative estimate of drug-likeness (QED) is 0.481. The number of unbranched alkanes of at least 4 members (excludes halogenated alkanes) is 1. The number of hydrogen-bond donors (Lipinski definition) is 2. The van der Waals surface area contributed by atoms with Crippen molar-refractivity contribution in [2.24, 2.45) is 0 Å². The number of likely N-dealkylation sites (N-methyl/N-ethyl adjacent to an activating group) is 1. The number of β-amino-alcohol motifs (C(OH)–C–C–N with tert-alkyl or cyclic N) is 1. The molecule has 1 heterocycles. The van der Waals surface area contributed by atoms with Crippen molar-refractivity contribution in [2.45, 2.75) is 51.3 Å². The summed E-state index contributed by atoms with van der Waals surface area (Å²) < 4.78 is 26.6. The van der Waals surface area contributed by atoms with Gasteiger partial charge in [-0.05, 0) is 29.5 Å². The Kier molecular flexibility index (Phi) is 9.64. The molecule has 0 aromatic heterocycles. The minimum atomic E-state index is -3.26. The molecular formula is C26H37N3O4S. The molecule has 1 aliphatic heterocycles. The van der Waals surface area contributed by atoms with E-state index in [4.69, 9.17) is 0 Å². The highest BCUT2D eigenvalue weighted by Gasteiger charge is 2.28. The number of carbonyl (C=O) groups excluding carboxylic acids is 1. The number of benzene rings is 2. The van der Waals surface area contributed by atoms with Gasteiger partial charge in [0.15, 0.2) is 0 Å². The van der Waals surface area contributed by atoms with Gasteiger partial charge in [-0.15, -0.1) is 0 Å². The molecule has 8 heteroatoms. The molecule has 3 rings (SSSR count). The molecule has 0 radical (unpaired) electrons. The number of rotatable bonds is 12. The third-order valence-corrected chi connectivity index (χ3v) is 7.78. The highest BCUT2D eigenvalue weighted by molar-refractivity contribution is 7.89. The summed E-state index contributed by atoms with van der Waals surface area (Å²) in [7, 11) is -1.42. The first-order chi connectivity index (χ1) is 16.3. The smallest absolute Gasteiger partial charge is 0.227 e. The van der Waals surface area contributed by atoms with Gasteiger partial charge in [-0.3, -0.25) is 9.69 Å². The Labute approximate surface area is 203 Å². The molecule has 34 heavy (non-hydrogen) atoms. The van der Waals surface area contributed by atoms with Gasteiger partial charge in [-0.1, -0.05) is 67.9 Å². The van der Waals surface area contributed by atoms with Gasteiger partial charge < -0.3 is 10.0 Å². The minimum Gasteiger partial charge on any atom is -0.392 e. The van der Waals surface area contributed by atoms with Gasteiger partial charge in [0.1, 0.15) is 0 Å². The lowest BCUT2D eigenvalue weighted by Gasteiger charge is -2.32. The third kappa shape index (κ3) is 7.91. The van der Waals surface area contributed by atoms with E-state index in [9.17, 15) is 18.3 Å². The minimum absolute atomic E-state index is 0.0154. The van der Waals surface area contributed by atoms with E-state index in [0.29, 0.717) is 19.5 Å². The van der Waals surface area contributed by atoms with Crippen LogP contribution in [-0.2, 0) is 27.8 Å². The van der Waals surface area contributed by atoms with Crippen LogP contribution in [-0.4, -0.2) is 67.8 Å². The maximum Gasteiger partial charge on any atom is 0.227 e. The molecule has 2 aromatic carbocycles. The molecule has 2 aromatic rings. The monoisotopic (exact) mass is 487 g/mol. The summed E-state index contributed by atoms with van der Waals surface area (Å²) in [5, 5.41) is 9.91. The second-order valence-corrected chi connectivity index (χ2v) is 11.0. The van der Waals surface area contributed by atoms with Gasteiger partial charge in [0.05, 0.1) is 24.3 Å². The zero-order valence-corrected chi connectivity index (χ0v) is 21.0. The SMILES string of the molecule is CCCCS(=O)(=O)NCc1ccc(CC(=O)N(C)[C@H](CN2CC[C@H](O)C2)c2ccccc2)cc1. The van der Waals surface area contributed by atoms with Gasteiger partial charge in [0, 0.05) is 33.2 Å². The van der Waals surface area contributed by atoms with E-state index in [1.165, 1.54) is 0 Å². The second-order valence-electron chi connectivity index (χ2n) is 9.12. The van der Waals surface area contributed by atoms with E-state index in [2.05, 4.69) is 9.62 Å². The zero-order chi connectivity index (χ0) is 24.6. The molecular weight excluding hydrogens is 450 g/mol. The van der Waals surface area contributed by atoms with Crippen molar-refractivity contribution < 1.29 is 18.3 Å². The molecule has 0 unspecified atom stereocenters. The van der Waals surface area contributed by atoms with Crippen molar-refractivity contribution in [3.05, 3.63) is 71.3 Å². The van der Waals surface area contributed by atoms with Crippen molar-refractivity contribution in [3.8, 4) is 0 Å². The Hall–Kier alpha value is -2.26. The maximum atomic E-state index is 13.2. The Balaban J connectivity index is 1.61. The van der Waals surface area contributed by atoms with E-state index >= 15 is 0 Å². The molecule has 186 valence electrons. The van der Waals surface area contributed by atoms with Crippen LogP contribution in [0.25, 0.3) is 0 Å². The van der Waals surface area contributed by atoms with Gasteiger partial charge >= 0.3 is 0 Å². The predicted molar refractivity (Wildman–Crippen MR) is 135 cm³/mol. The highest BCUT2D eigenvalue weighted by atomic mass is 32.2. The van der Waals surface area contributed by atoms with Gasteiger partial charge in [0.25, 0.3) is 0 Å². The largest absolute Gasteiger partial charge is 0.392 e. The Bertz CT molecular complexity index is 1010. The van der Waals surface area contributed by atoms with Gasteiger partial charge in [0.2, 0.25) is 15.9 Å². The molecule has 7 nitrogen and oxygen atoms in total. The summed E-state index contributed by atoms with van der Waals surface area (Å²) in [4.78, 5) is 17.2. The average Bonchev–Trinajstić information content (AvgIpc) is 3.25. The number of carbonyl (C=O) groups is 1. The Morgan fingerprint density at radius 1 is 1.15 bits per heavy atom. The van der Waals surface area contributed by atoms with E-state index < -0.39 is 10.0 Å². The van der Waals surface area contributed by atoms with E-state index in [1.54, 1.807) is 4.90 Å². The first-order valence-electron chi connectivity index (χ1n) is 12.0. The Morgan fingerprint density at radius 3 is 2.44 bits per heavy atom. The van der Waals surface area contributed by atoms with Crippen LogP contribution in [0.3, 0.4) is 0 Å². The van der Waals surface area contributed by atoms with Crippen LogP contribution in [0.4, 0.5) is 0 Å². The van der Waals surface area contributed by atoms with Gasteiger partial charge in [-0.25, -0.2) is 13.1 Å². The number of amides is 1.